The first-order valence-electron chi connectivity index (χ1n) is 6.32. The van der Waals surface area contributed by atoms with Crippen LogP contribution in [0.1, 0.15) is 16.8 Å². The maximum absolute atomic E-state index is 12.3. The molecule has 0 spiro atoms. The number of aromatic nitrogens is 1. The predicted octanol–water partition coefficient (Wildman–Crippen LogP) is 1.34. The summed E-state index contributed by atoms with van der Waals surface area (Å²) in [5.74, 6) is 0.425. The van der Waals surface area contributed by atoms with Gasteiger partial charge in [0.2, 0.25) is 0 Å². The van der Waals surface area contributed by atoms with E-state index in [0.29, 0.717) is 17.2 Å². The lowest BCUT2D eigenvalue weighted by Gasteiger charge is -2.22. The molecule has 1 amide bonds. The molecule has 2 N–H and O–H groups in total. The van der Waals surface area contributed by atoms with Gasteiger partial charge in [-0.2, -0.15) is 0 Å². The van der Waals surface area contributed by atoms with E-state index < -0.39 is 0 Å². The highest BCUT2D eigenvalue weighted by atomic mass is 35.5. The average molecular weight is 283 g/mol. The maximum atomic E-state index is 12.3. The van der Waals surface area contributed by atoms with Crippen LogP contribution < -0.4 is 5.73 Å². The van der Waals surface area contributed by atoms with Gasteiger partial charge in [-0.25, -0.2) is 4.98 Å². The molecule has 1 aromatic heterocycles. The van der Waals surface area contributed by atoms with Gasteiger partial charge in [-0.05, 0) is 32.0 Å². The number of likely N-dealkylation sites (tertiary alicyclic amines) is 1. The highest BCUT2D eigenvalue weighted by Gasteiger charge is 2.24. The third kappa shape index (κ3) is 3.36. The molecule has 2 heterocycles. The highest BCUT2D eigenvalue weighted by molar-refractivity contribution is 6.29. The molecule has 0 aliphatic carbocycles. The molecule has 0 aromatic carbocycles. The lowest BCUT2D eigenvalue weighted by atomic mass is 10.1. The van der Waals surface area contributed by atoms with Gasteiger partial charge in [-0.15, -0.1) is 0 Å². The number of anilines is 1. The molecule has 1 aliphatic rings. The fourth-order valence-electron chi connectivity index (χ4n) is 2.48. The second-order valence-corrected chi connectivity index (χ2v) is 5.58. The zero-order valence-electron chi connectivity index (χ0n) is 11.3. The van der Waals surface area contributed by atoms with Crippen molar-refractivity contribution in [3.05, 3.63) is 23.0 Å². The molecule has 0 bridgehead atoms. The van der Waals surface area contributed by atoms with Gasteiger partial charge in [0.25, 0.3) is 5.91 Å². The van der Waals surface area contributed by atoms with Crippen molar-refractivity contribution in [3.8, 4) is 0 Å². The fraction of sp³-hybridized carbons (Fsp3) is 0.538. The minimum atomic E-state index is -0.101. The Labute approximate surface area is 118 Å². The number of rotatable bonds is 3. The third-order valence-corrected chi connectivity index (χ3v) is 3.71. The van der Waals surface area contributed by atoms with E-state index in [-0.39, 0.29) is 11.1 Å². The Morgan fingerprint density at radius 1 is 1.68 bits per heavy atom. The Morgan fingerprint density at radius 2 is 2.42 bits per heavy atom. The van der Waals surface area contributed by atoms with Crippen LogP contribution in [-0.4, -0.2) is 54.4 Å². The van der Waals surface area contributed by atoms with Crippen LogP contribution in [0.15, 0.2) is 12.3 Å². The Kier molecular flexibility index (Phi) is 4.27. The van der Waals surface area contributed by atoms with E-state index in [1.54, 1.807) is 11.9 Å². The molecule has 1 atom stereocenters. The Hall–Kier alpha value is -1.33. The molecule has 6 heteroatoms. The first kappa shape index (κ1) is 14.1. The topological polar surface area (TPSA) is 62.5 Å². The third-order valence-electron chi connectivity index (χ3n) is 3.50. The van der Waals surface area contributed by atoms with Crippen molar-refractivity contribution in [2.75, 3.05) is 39.5 Å². The normalized spacial score (nSPS) is 19.6. The lowest BCUT2D eigenvalue weighted by molar-refractivity contribution is 0.0775. The summed E-state index contributed by atoms with van der Waals surface area (Å²) >= 11 is 5.81. The molecule has 1 aromatic rings. The van der Waals surface area contributed by atoms with E-state index in [2.05, 4.69) is 16.9 Å². The number of pyridine rings is 1. The van der Waals surface area contributed by atoms with Crippen LogP contribution in [-0.2, 0) is 0 Å². The second-order valence-electron chi connectivity index (χ2n) is 5.20. The Morgan fingerprint density at radius 3 is 3.05 bits per heavy atom. The molecule has 1 aliphatic heterocycles. The minimum absolute atomic E-state index is 0.101. The number of amides is 1. The van der Waals surface area contributed by atoms with Crippen molar-refractivity contribution in [2.24, 2.45) is 5.92 Å². The molecule has 2 rings (SSSR count). The van der Waals surface area contributed by atoms with Gasteiger partial charge < -0.3 is 15.5 Å². The number of hydrogen-bond acceptors (Lipinski definition) is 4. The largest absolute Gasteiger partial charge is 0.397 e. The Bertz CT molecular complexity index is 480. The van der Waals surface area contributed by atoms with Gasteiger partial charge in [-0.3, -0.25) is 4.79 Å². The standard InChI is InChI=1S/C13H19ClN4O/c1-17-4-3-9(7-17)8-18(2)13(19)10-5-12(14)16-6-11(10)15/h5-6,9H,3-4,7-8,15H2,1-2H3. The van der Waals surface area contributed by atoms with Crippen LogP contribution in [0.5, 0.6) is 0 Å². The van der Waals surface area contributed by atoms with Gasteiger partial charge in [0.05, 0.1) is 17.4 Å². The van der Waals surface area contributed by atoms with Crippen molar-refractivity contribution in [2.45, 2.75) is 6.42 Å². The van der Waals surface area contributed by atoms with E-state index >= 15 is 0 Å². The number of nitrogens with two attached hydrogens (primary N) is 1. The van der Waals surface area contributed by atoms with Gasteiger partial charge in [0, 0.05) is 20.1 Å². The zero-order chi connectivity index (χ0) is 14.0. The molecular weight excluding hydrogens is 264 g/mol. The zero-order valence-corrected chi connectivity index (χ0v) is 12.0. The monoisotopic (exact) mass is 282 g/mol. The van der Waals surface area contributed by atoms with Gasteiger partial charge >= 0.3 is 0 Å². The van der Waals surface area contributed by atoms with Gasteiger partial charge in [-0.1, -0.05) is 11.6 Å². The van der Waals surface area contributed by atoms with E-state index in [0.717, 1.165) is 26.1 Å². The van der Waals surface area contributed by atoms with Crippen molar-refractivity contribution in [1.82, 2.24) is 14.8 Å². The smallest absolute Gasteiger partial charge is 0.255 e. The van der Waals surface area contributed by atoms with Crippen LogP contribution in [0.25, 0.3) is 0 Å². The SMILES string of the molecule is CN1CCC(CN(C)C(=O)c2cc(Cl)ncc2N)C1. The van der Waals surface area contributed by atoms with Crippen LogP contribution in [0.2, 0.25) is 5.15 Å². The summed E-state index contributed by atoms with van der Waals surface area (Å²) in [6.07, 6.45) is 2.55. The molecular formula is C13H19ClN4O. The van der Waals surface area contributed by atoms with Crippen LogP contribution >= 0.6 is 11.6 Å². The number of nitrogens with zero attached hydrogens (tertiary/aromatic N) is 3. The van der Waals surface area contributed by atoms with Gasteiger partial charge in [0.15, 0.2) is 0 Å². The summed E-state index contributed by atoms with van der Waals surface area (Å²) in [5.41, 5.74) is 6.57. The second kappa shape index (κ2) is 5.75. The van der Waals surface area contributed by atoms with E-state index in [1.807, 2.05) is 0 Å². The van der Waals surface area contributed by atoms with E-state index in [1.165, 1.54) is 12.3 Å². The number of carbonyl (C=O) groups excluding carboxylic acids is 1. The van der Waals surface area contributed by atoms with E-state index in [9.17, 15) is 4.79 Å². The number of hydrogen-bond donors (Lipinski definition) is 1. The summed E-state index contributed by atoms with van der Waals surface area (Å²) in [4.78, 5) is 20.2. The summed E-state index contributed by atoms with van der Waals surface area (Å²) in [5, 5.41) is 0.284. The van der Waals surface area contributed by atoms with E-state index in [4.69, 9.17) is 17.3 Å². The summed E-state index contributed by atoms with van der Waals surface area (Å²) in [7, 11) is 3.90. The predicted molar refractivity (Wildman–Crippen MR) is 76.2 cm³/mol. The minimum Gasteiger partial charge on any atom is -0.397 e. The number of nitrogen functional groups attached to an aromatic ring is 1. The van der Waals surface area contributed by atoms with Crippen LogP contribution in [0.4, 0.5) is 5.69 Å². The molecule has 19 heavy (non-hydrogen) atoms. The fourth-order valence-corrected chi connectivity index (χ4v) is 2.63. The number of carbonyl (C=O) groups is 1. The first-order chi connectivity index (χ1) is 8.97. The van der Waals surface area contributed by atoms with Crippen molar-refractivity contribution in [3.63, 3.8) is 0 Å². The first-order valence-corrected chi connectivity index (χ1v) is 6.70. The van der Waals surface area contributed by atoms with Gasteiger partial charge in [0.1, 0.15) is 5.15 Å². The molecule has 1 unspecified atom stereocenters. The maximum Gasteiger partial charge on any atom is 0.255 e. The van der Waals surface area contributed by atoms with Crippen molar-refractivity contribution >= 4 is 23.2 Å². The summed E-state index contributed by atoms with van der Waals surface area (Å²) in [6.45, 7) is 2.86. The summed E-state index contributed by atoms with van der Waals surface area (Å²) < 4.78 is 0. The van der Waals surface area contributed by atoms with Crippen molar-refractivity contribution in [1.29, 1.82) is 0 Å². The number of halogens is 1. The quantitative estimate of drug-likeness (QED) is 0.850. The highest BCUT2D eigenvalue weighted by Crippen LogP contribution is 2.19. The lowest BCUT2D eigenvalue weighted by Crippen LogP contribution is -2.33. The molecule has 0 radical (unpaired) electrons. The van der Waals surface area contributed by atoms with Crippen molar-refractivity contribution < 1.29 is 4.79 Å². The molecule has 1 fully saturated rings. The molecule has 1 saturated heterocycles. The van der Waals surface area contributed by atoms with Crippen LogP contribution in [0.3, 0.4) is 0 Å². The van der Waals surface area contributed by atoms with Crippen LogP contribution in [0, 0.1) is 5.92 Å². The summed E-state index contributed by atoms with van der Waals surface area (Å²) in [6, 6.07) is 1.52. The average Bonchev–Trinajstić information content (AvgIpc) is 2.77. The molecule has 0 saturated carbocycles. The Balaban J connectivity index is 2.04. The molecule has 5 nitrogen and oxygen atoms in total. The molecule has 104 valence electrons.